The summed E-state index contributed by atoms with van der Waals surface area (Å²) in [5, 5.41) is 8.73. The van der Waals surface area contributed by atoms with Crippen molar-refractivity contribution in [2.45, 2.75) is 25.8 Å². The first-order valence-electron chi connectivity index (χ1n) is 5.60. The normalized spacial score (nSPS) is 19.4. The number of aromatic carboxylic acids is 1. The minimum absolute atomic E-state index is 0.0935. The highest BCUT2D eigenvalue weighted by molar-refractivity contribution is 5.94. The van der Waals surface area contributed by atoms with Crippen molar-refractivity contribution in [2.75, 3.05) is 6.54 Å². The molecule has 1 saturated heterocycles. The maximum atomic E-state index is 12.1. The Kier molecular flexibility index (Phi) is 3.08. The van der Waals surface area contributed by atoms with Crippen LogP contribution in [0.25, 0.3) is 0 Å². The van der Waals surface area contributed by atoms with Crippen LogP contribution in [0.1, 0.15) is 40.6 Å². The summed E-state index contributed by atoms with van der Waals surface area (Å²) in [5.41, 5.74) is 0.403. The molecule has 1 aromatic rings. The molecule has 2 heterocycles. The van der Waals surface area contributed by atoms with Gasteiger partial charge in [-0.3, -0.25) is 9.78 Å². The number of nitrogens with zero attached hydrogens (tertiary/aromatic N) is 2. The van der Waals surface area contributed by atoms with E-state index in [1.165, 1.54) is 18.3 Å². The van der Waals surface area contributed by atoms with Gasteiger partial charge in [0, 0.05) is 18.8 Å². The van der Waals surface area contributed by atoms with Crippen LogP contribution in [-0.2, 0) is 0 Å². The Morgan fingerprint density at radius 3 is 2.71 bits per heavy atom. The second-order valence-corrected chi connectivity index (χ2v) is 4.23. The van der Waals surface area contributed by atoms with E-state index < -0.39 is 5.97 Å². The van der Waals surface area contributed by atoms with Gasteiger partial charge < -0.3 is 10.0 Å². The highest BCUT2D eigenvalue weighted by Crippen LogP contribution is 2.18. The van der Waals surface area contributed by atoms with Crippen molar-refractivity contribution in [1.82, 2.24) is 9.88 Å². The van der Waals surface area contributed by atoms with E-state index in [0.29, 0.717) is 5.69 Å². The monoisotopic (exact) mass is 234 g/mol. The van der Waals surface area contributed by atoms with Crippen LogP contribution in [-0.4, -0.2) is 39.5 Å². The third kappa shape index (κ3) is 2.27. The predicted molar refractivity (Wildman–Crippen MR) is 60.9 cm³/mol. The molecule has 5 heteroatoms. The van der Waals surface area contributed by atoms with Gasteiger partial charge in [0.1, 0.15) is 5.69 Å². The molecule has 1 fully saturated rings. The molecule has 1 unspecified atom stereocenters. The Morgan fingerprint density at radius 2 is 2.24 bits per heavy atom. The van der Waals surface area contributed by atoms with E-state index in [2.05, 4.69) is 4.98 Å². The first kappa shape index (κ1) is 11.6. The number of hydrogen-bond acceptors (Lipinski definition) is 3. The number of carboxylic acids is 1. The second-order valence-electron chi connectivity index (χ2n) is 4.23. The molecule has 1 atom stereocenters. The lowest BCUT2D eigenvalue weighted by Crippen LogP contribution is -2.34. The fraction of sp³-hybridized carbons (Fsp3) is 0.417. The average molecular weight is 234 g/mol. The smallest absolute Gasteiger partial charge is 0.337 e. The maximum absolute atomic E-state index is 12.1. The molecule has 1 N–H and O–H groups in total. The number of likely N-dealkylation sites (tertiary alicyclic amines) is 1. The molecule has 2 rings (SSSR count). The lowest BCUT2D eigenvalue weighted by atomic mass is 10.2. The van der Waals surface area contributed by atoms with Crippen molar-refractivity contribution in [1.29, 1.82) is 0 Å². The molecule has 0 aliphatic carbocycles. The molecule has 0 aromatic carbocycles. The van der Waals surface area contributed by atoms with Crippen molar-refractivity contribution < 1.29 is 14.7 Å². The highest BCUT2D eigenvalue weighted by atomic mass is 16.4. The van der Waals surface area contributed by atoms with Gasteiger partial charge in [-0.1, -0.05) is 0 Å². The number of rotatable bonds is 2. The van der Waals surface area contributed by atoms with Gasteiger partial charge in [-0.15, -0.1) is 0 Å². The van der Waals surface area contributed by atoms with Crippen molar-refractivity contribution in [3.8, 4) is 0 Å². The Hall–Kier alpha value is -1.91. The quantitative estimate of drug-likeness (QED) is 0.839. The largest absolute Gasteiger partial charge is 0.478 e. The molecule has 0 radical (unpaired) electrons. The van der Waals surface area contributed by atoms with Gasteiger partial charge in [-0.2, -0.15) is 0 Å². The molecule has 1 aromatic heterocycles. The number of pyridine rings is 1. The standard InChI is InChI=1S/C12H14N2O3/c1-8-3-2-6-14(8)11(15)10-5-4-9(7-13-10)12(16)17/h4-5,7-8H,2-3,6H2,1H3,(H,16,17). The van der Waals surface area contributed by atoms with Crippen LogP contribution in [0.5, 0.6) is 0 Å². The molecule has 1 amide bonds. The molecular formula is C12H14N2O3. The van der Waals surface area contributed by atoms with Gasteiger partial charge in [0.05, 0.1) is 5.56 Å². The molecule has 0 spiro atoms. The van der Waals surface area contributed by atoms with Gasteiger partial charge in [0.2, 0.25) is 0 Å². The number of carbonyl (C=O) groups is 2. The first-order chi connectivity index (χ1) is 8.09. The SMILES string of the molecule is CC1CCCN1C(=O)c1ccc(C(=O)O)cn1. The number of aromatic nitrogens is 1. The summed E-state index contributed by atoms with van der Waals surface area (Å²) in [6.07, 6.45) is 3.25. The van der Waals surface area contributed by atoms with Crippen molar-refractivity contribution >= 4 is 11.9 Å². The average Bonchev–Trinajstić information content (AvgIpc) is 2.74. The van der Waals surface area contributed by atoms with E-state index in [-0.39, 0.29) is 17.5 Å². The third-order valence-electron chi connectivity index (χ3n) is 3.04. The summed E-state index contributed by atoms with van der Waals surface area (Å²) in [6.45, 7) is 2.76. The van der Waals surface area contributed by atoms with E-state index >= 15 is 0 Å². The van der Waals surface area contributed by atoms with Crippen molar-refractivity contribution in [3.05, 3.63) is 29.6 Å². The Labute approximate surface area is 99.1 Å². The summed E-state index contributed by atoms with van der Waals surface area (Å²) < 4.78 is 0. The Morgan fingerprint density at radius 1 is 1.47 bits per heavy atom. The van der Waals surface area contributed by atoms with Crippen molar-refractivity contribution in [2.24, 2.45) is 0 Å². The Balaban J connectivity index is 2.17. The molecular weight excluding hydrogens is 220 g/mol. The van der Waals surface area contributed by atoms with Crippen LogP contribution in [0.4, 0.5) is 0 Å². The van der Waals surface area contributed by atoms with Crippen molar-refractivity contribution in [3.63, 3.8) is 0 Å². The lowest BCUT2D eigenvalue weighted by Gasteiger charge is -2.20. The lowest BCUT2D eigenvalue weighted by molar-refractivity contribution is 0.0691. The van der Waals surface area contributed by atoms with Crippen LogP contribution in [0.3, 0.4) is 0 Å². The predicted octanol–water partition coefficient (Wildman–Crippen LogP) is 1.40. The molecule has 0 bridgehead atoms. The Bertz CT molecular complexity index is 442. The summed E-state index contributed by atoms with van der Waals surface area (Å²) >= 11 is 0. The van der Waals surface area contributed by atoms with Crippen LogP contribution < -0.4 is 0 Å². The number of carbonyl (C=O) groups excluding carboxylic acids is 1. The van der Waals surface area contributed by atoms with Gasteiger partial charge in [0.15, 0.2) is 0 Å². The molecule has 17 heavy (non-hydrogen) atoms. The van der Waals surface area contributed by atoms with E-state index in [4.69, 9.17) is 5.11 Å². The summed E-state index contributed by atoms with van der Waals surface area (Å²) in [6, 6.07) is 3.11. The van der Waals surface area contributed by atoms with Crippen LogP contribution in [0.2, 0.25) is 0 Å². The van der Waals surface area contributed by atoms with Gasteiger partial charge in [0.25, 0.3) is 5.91 Å². The van der Waals surface area contributed by atoms with Gasteiger partial charge in [-0.25, -0.2) is 4.79 Å². The number of hydrogen-bond donors (Lipinski definition) is 1. The number of carboxylic acid groups (broad SMARTS) is 1. The minimum Gasteiger partial charge on any atom is -0.478 e. The first-order valence-corrected chi connectivity index (χ1v) is 5.60. The molecule has 0 saturated carbocycles. The van der Waals surface area contributed by atoms with Gasteiger partial charge in [-0.05, 0) is 31.9 Å². The fourth-order valence-electron chi connectivity index (χ4n) is 2.03. The van der Waals surface area contributed by atoms with E-state index in [9.17, 15) is 9.59 Å². The van der Waals surface area contributed by atoms with E-state index in [1.807, 2.05) is 6.92 Å². The van der Waals surface area contributed by atoms with E-state index in [1.54, 1.807) is 4.90 Å². The second kappa shape index (κ2) is 4.53. The number of amides is 1. The minimum atomic E-state index is -1.04. The molecule has 5 nitrogen and oxygen atoms in total. The maximum Gasteiger partial charge on any atom is 0.337 e. The fourth-order valence-corrected chi connectivity index (χ4v) is 2.03. The summed E-state index contributed by atoms with van der Waals surface area (Å²) in [7, 11) is 0. The summed E-state index contributed by atoms with van der Waals surface area (Å²) in [4.78, 5) is 28.4. The third-order valence-corrected chi connectivity index (χ3v) is 3.04. The summed E-state index contributed by atoms with van der Waals surface area (Å²) in [5.74, 6) is -1.15. The van der Waals surface area contributed by atoms with Gasteiger partial charge >= 0.3 is 5.97 Å². The van der Waals surface area contributed by atoms with Crippen LogP contribution >= 0.6 is 0 Å². The highest BCUT2D eigenvalue weighted by Gasteiger charge is 2.26. The zero-order valence-electron chi connectivity index (χ0n) is 9.59. The topological polar surface area (TPSA) is 70.5 Å². The van der Waals surface area contributed by atoms with Crippen LogP contribution in [0.15, 0.2) is 18.3 Å². The zero-order chi connectivity index (χ0) is 12.4. The zero-order valence-corrected chi connectivity index (χ0v) is 9.59. The van der Waals surface area contributed by atoms with E-state index in [0.717, 1.165) is 19.4 Å². The molecule has 90 valence electrons. The molecule has 1 aliphatic rings. The van der Waals surface area contributed by atoms with Crippen LogP contribution in [0, 0.1) is 0 Å². The molecule has 1 aliphatic heterocycles.